The first-order chi connectivity index (χ1) is 12.4. The summed E-state index contributed by atoms with van der Waals surface area (Å²) in [5.74, 6) is 0.000369. The molecule has 5 nitrogen and oxygen atoms in total. The number of ether oxygens (including phenoxy) is 1. The molecule has 0 saturated carbocycles. The predicted molar refractivity (Wildman–Crippen MR) is 102 cm³/mol. The van der Waals surface area contributed by atoms with E-state index in [0.29, 0.717) is 18.1 Å². The molecule has 0 amide bonds. The average Bonchev–Trinajstić information content (AvgIpc) is 2.95. The van der Waals surface area contributed by atoms with Gasteiger partial charge in [0.2, 0.25) is 0 Å². The summed E-state index contributed by atoms with van der Waals surface area (Å²) in [6.45, 7) is 4.37. The Hall–Kier alpha value is -2.53. The standard InChI is InChI=1S/C20H21ClN2O3/c1-12-13(2)18(6-4-14(12)5-7-19(24)25)26-11-16-9-17(21)8-15-10-22-23(3)20(15)16/h4,6,8-10H,5,7,11H2,1-3H3,(H,24,25). The van der Waals surface area contributed by atoms with E-state index < -0.39 is 5.97 Å². The Morgan fingerprint density at radius 3 is 2.73 bits per heavy atom. The lowest BCUT2D eigenvalue weighted by Crippen LogP contribution is -2.04. The molecular weight excluding hydrogens is 352 g/mol. The van der Waals surface area contributed by atoms with Crippen LogP contribution in [0.15, 0.2) is 30.5 Å². The third-order valence-corrected chi connectivity index (χ3v) is 4.94. The summed E-state index contributed by atoms with van der Waals surface area (Å²) >= 11 is 6.21. The number of carboxylic acid groups (broad SMARTS) is 1. The SMILES string of the molecule is Cc1c(CCC(=O)O)ccc(OCc2cc(Cl)cc3cnn(C)c23)c1C. The molecule has 6 heteroatoms. The van der Waals surface area contributed by atoms with E-state index in [0.717, 1.165) is 38.9 Å². The zero-order valence-corrected chi connectivity index (χ0v) is 15.8. The van der Waals surface area contributed by atoms with Crippen molar-refractivity contribution < 1.29 is 14.6 Å². The highest BCUT2D eigenvalue weighted by atomic mass is 35.5. The highest BCUT2D eigenvalue weighted by molar-refractivity contribution is 6.31. The molecule has 136 valence electrons. The maximum atomic E-state index is 10.8. The van der Waals surface area contributed by atoms with Crippen LogP contribution in [0.1, 0.15) is 28.7 Å². The van der Waals surface area contributed by atoms with Crippen LogP contribution in [0.4, 0.5) is 0 Å². The minimum absolute atomic E-state index is 0.126. The van der Waals surface area contributed by atoms with E-state index in [-0.39, 0.29) is 6.42 Å². The van der Waals surface area contributed by atoms with Gasteiger partial charge in [-0.1, -0.05) is 17.7 Å². The van der Waals surface area contributed by atoms with Crippen LogP contribution in [0.3, 0.4) is 0 Å². The number of benzene rings is 2. The Kier molecular flexibility index (Phi) is 5.18. The van der Waals surface area contributed by atoms with Crippen molar-refractivity contribution in [3.05, 3.63) is 57.7 Å². The van der Waals surface area contributed by atoms with E-state index in [1.165, 1.54) is 0 Å². The van der Waals surface area contributed by atoms with E-state index in [2.05, 4.69) is 5.10 Å². The molecular formula is C20H21ClN2O3. The maximum Gasteiger partial charge on any atom is 0.303 e. The van der Waals surface area contributed by atoms with Crippen molar-refractivity contribution in [2.45, 2.75) is 33.3 Å². The van der Waals surface area contributed by atoms with Crippen molar-refractivity contribution in [1.82, 2.24) is 9.78 Å². The smallest absolute Gasteiger partial charge is 0.303 e. The fourth-order valence-electron chi connectivity index (χ4n) is 3.16. The highest BCUT2D eigenvalue weighted by Crippen LogP contribution is 2.28. The number of halogens is 1. The first-order valence-corrected chi connectivity index (χ1v) is 8.78. The van der Waals surface area contributed by atoms with Crippen molar-refractivity contribution >= 4 is 28.5 Å². The van der Waals surface area contributed by atoms with Crippen molar-refractivity contribution in [3.8, 4) is 5.75 Å². The van der Waals surface area contributed by atoms with Gasteiger partial charge < -0.3 is 9.84 Å². The van der Waals surface area contributed by atoms with E-state index >= 15 is 0 Å². The molecule has 0 spiro atoms. The van der Waals surface area contributed by atoms with Gasteiger partial charge in [0.15, 0.2) is 0 Å². The first kappa shape index (κ1) is 18.3. The number of carboxylic acids is 1. The predicted octanol–water partition coefficient (Wildman–Crippen LogP) is 4.44. The van der Waals surface area contributed by atoms with Gasteiger partial charge in [0, 0.05) is 29.4 Å². The fraction of sp³-hybridized carbons (Fsp3) is 0.300. The molecule has 0 aliphatic carbocycles. The van der Waals surface area contributed by atoms with Crippen molar-refractivity contribution in [2.75, 3.05) is 0 Å². The first-order valence-electron chi connectivity index (χ1n) is 8.40. The van der Waals surface area contributed by atoms with E-state index in [1.54, 1.807) is 6.20 Å². The number of nitrogens with zero attached hydrogens (tertiary/aromatic N) is 2. The number of aliphatic carboxylic acids is 1. The van der Waals surface area contributed by atoms with Crippen LogP contribution in [0.25, 0.3) is 10.9 Å². The van der Waals surface area contributed by atoms with Gasteiger partial charge in [0.1, 0.15) is 12.4 Å². The molecule has 0 saturated heterocycles. The Morgan fingerprint density at radius 2 is 2.00 bits per heavy atom. The molecule has 2 aromatic carbocycles. The monoisotopic (exact) mass is 372 g/mol. The summed E-state index contributed by atoms with van der Waals surface area (Å²) in [6.07, 6.45) is 2.44. The number of hydrogen-bond donors (Lipinski definition) is 1. The molecule has 0 radical (unpaired) electrons. The van der Waals surface area contributed by atoms with Gasteiger partial charge in [-0.3, -0.25) is 9.48 Å². The van der Waals surface area contributed by atoms with Crippen LogP contribution >= 0.6 is 11.6 Å². The van der Waals surface area contributed by atoms with Crippen LogP contribution in [-0.4, -0.2) is 20.9 Å². The number of rotatable bonds is 6. The lowest BCUT2D eigenvalue weighted by atomic mass is 9.99. The summed E-state index contributed by atoms with van der Waals surface area (Å²) in [7, 11) is 1.90. The summed E-state index contributed by atoms with van der Waals surface area (Å²) in [5.41, 5.74) is 5.10. The van der Waals surface area contributed by atoms with Crippen LogP contribution in [0.5, 0.6) is 5.75 Å². The minimum atomic E-state index is -0.788. The Labute approximate surface area is 157 Å². The molecule has 0 fully saturated rings. The van der Waals surface area contributed by atoms with E-state index in [1.807, 2.05) is 49.8 Å². The number of fused-ring (bicyclic) bond motifs is 1. The van der Waals surface area contributed by atoms with Crippen LogP contribution < -0.4 is 4.74 Å². The zero-order chi connectivity index (χ0) is 18.8. The van der Waals surface area contributed by atoms with Gasteiger partial charge in [-0.15, -0.1) is 0 Å². The second kappa shape index (κ2) is 7.38. The number of carbonyl (C=O) groups is 1. The van der Waals surface area contributed by atoms with Gasteiger partial charge in [0.25, 0.3) is 0 Å². The molecule has 1 N–H and O–H groups in total. The van der Waals surface area contributed by atoms with Gasteiger partial charge in [-0.05, 0) is 55.2 Å². The second-order valence-electron chi connectivity index (χ2n) is 6.43. The lowest BCUT2D eigenvalue weighted by Gasteiger charge is -2.15. The largest absolute Gasteiger partial charge is 0.489 e. The van der Waals surface area contributed by atoms with Crippen LogP contribution in [-0.2, 0) is 24.9 Å². The third kappa shape index (κ3) is 3.68. The third-order valence-electron chi connectivity index (χ3n) is 4.72. The van der Waals surface area contributed by atoms with Crippen molar-refractivity contribution in [3.63, 3.8) is 0 Å². The molecule has 0 atom stereocenters. The highest BCUT2D eigenvalue weighted by Gasteiger charge is 2.12. The molecule has 26 heavy (non-hydrogen) atoms. The van der Waals surface area contributed by atoms with E-state index in [4.69, 9.17) is 21.4 Å². The van der Waals surface area contributed by atoms with Gasteiger partial charge in [-0.2, -0.15) is 5.10 Å². The number of aryl methyl sites for hydroxylation is 2. The fourth-order valence-corrected chi connectivity index (χ4v) is 3.41. The Bertz CT molecular complexity index is 979. The molecule has 1 aromatic heterocycles. The molecule has 0 aliphatic heterocycles. The van der Waals surface area contributed by atoms with Crippen LogP contribution in [0.2, 0.25) is 5.02 Å². The molecule has 3 rings (SSSR count). The Balaban J connectivity index is 1.83. The Morgan fingerprint density at radius 1 is 1.23 bits per heavy atom. The molecule has 0 unspecified atom stereocenters. The molecule has 3 aromatic rings. The van der Waals surface area contributed by atoms with Crippen LogP contribution in [0, 0.1) is 13.8 Å². The van der Waals surface area contributed by atoms with Gasteiger partial charge >= 0.3 is 5.97 Å². The maximum absolute atomic E-state index is 10.8. The minimum Gasteiger partial charge on any atom is -0.489 e. The quantitative estimate of drug-likeness (QED) is 0.694. The average molecular weight is 373 g/mol. The summed E-state index contributed by atoms with van der Waals surface area (Å²) in [5, 5.41) is 14.8. The number of aromatic nitrogens is 2. The van der Waals surface area contributed by atoms with Crippen molar-refractivity contribution in [2.24, 2.45) is 7.05 Å². The zero-order valence-electron chi connectivity index (χ0n) is 15.0. The van der Waals surface area contributed by atoms with Gasteiger partial charge in [-0.25, -0.2) is 0 Å². The van der Waals surface area contributed by atoms with E-state index in [9.17, 15) is 4.79 Å². The number of hydrogen-bond acceptors (Lipinski definition) is 3. The second-order valence-corrected chi connectivity index (χ2v) is 6.86. The summed E-state index contributed by atoms with van der Waals surface area (Å²) in [6, 6.07) is 7.64. The van der Waals surface area contributed by atoms with Crippen molar-refractivity contribution in [1.29, 1.82) is 0 Å². The molecule has 0 bridgehead atoms. The summed E-state index contributed by atoms with van der Waals surface area (Å²) in [4.78, 5) is 10.8. The topological polar surface area (TPSA) is 64.3 Å². The van der Waals surface area contributed by atoms with Gasteiger partial charge in [0.05, 0.1) is 11.7 Å². The normalized spacial score (nSPS) is 11.1. The lowest BCUT2D eigenvalue weighted by molar-refractivity contribution is -0.136. The molecule has 0 aliphatic rings. The summed E-state index contributed by atoms with van der Waals surface area (Å²) < 4.78 is 7.87. The molecule has 1 heterocycles.